The summed E-state index contributed by atoms with van der Waals surface area (Å²) in [5, 5.41) is 8.27. The van der Waals surface area contributed by atoms with Gasteiger partial charge in [-0.05, 0) is 48.6 Å². The van der Waals surface area contributed by atoms with E-state index in [1.807, 2.05) is 18.2 Å². The van der Waals surface area contributed by atoms with Gasteiger partial charge < -0.3 is 4.90 Å². The molecule has 6 nitrogen and oxygen atoms in total. The van der Waals surface area contributed by atoms with Gasteiger partial charge in [-0.15, -0.1) is 10.2 Å². The van der Waals surface area contributed by atoms with Crippen LogP contribution in [0.25, 0.3) is 0 Å². The molecule has 2 aromatic rings. The zero-order chi connectivity index (χ0) is 18.6. The molecule has 1 aromatic heterocycles. The standard InChI is InChI=1S/C19H26N4O2S/c1-15(2)16-7-9-17(10-8-16)26(24,25)22-18-11-12-19(21-20-18)23-13-5-3-4-6-14-23/h7-12,15H,3-6,13-14H2,1-2H3,(H,20,22). The predicted octanol–water partition coefficient (Wildman–Crippen LogP) is 3.78. The minimum atomic E-state index is -3.67. The number of benzene rings is 1. The van der Waals surface area contributed by atoms with E-state index in [2.05, 4.69) is 33.7 Å². The van der Waals surface area contributed by atoms with Gasteiger partial charge >= 0.3 is 0 Å². The lowest BCUT2D eigenvalue weighted by Gasteiger charge is -2.20. The Balaban J connectivity index is 1.71. The van der Waals surface area contributed by atoms with Crippen LogP contribution in [0.5, 0.6) is 0 Å². The van der Waals surface area contributed by atoms with E-state index in [4.69, 9.17) is 0 Å². The molecule has 0 unspecified atom stereocenters. The molecule has 1 fully saturated rings. The molecular weight excluding hydrogens is 348 g/mol. The zero-order valence-corrected chi connectivity index (χ0v) is 16.2. The number of aromatic nitrogens is 2. The molecule has 7 heteroatoms. The summed E-state index contributed by atoms with van der Waals surface area (Å²) < 4.78 is 27.6. The number of sulfonamides is 1. The van der Waals surface area contributed by atoms with E-state index in [1.165, 1.54) is 12.8 Å². The Labute approximate surface area is 155 Å². The van der Waals surface area contributed by atoms with E-state index in [9.17, 15) is 8.42 Å². The molecule has 2 heterocycles. The maximum absolute atomic E-state index is 12.5. The molecule has 1 saturated heterocycles. The fourth-order valence-corrected chi connectivity index (χ4v) is 4.07. The third-order valence-electron chi connectivity index (χ3n) is 4.68. The second-order valence-corrected chi connectivity index (χ2v) is 8.69. The fourth-order valence-electron chi connectivity index (χ4n) is 3.08. The van der Waals surface area contributed by atoms with E-state index >= 15 is 0 Å². The molecule has 140 valence electrons. The molecule has 0 saturated carbocycles. The predicted molar refractivity (Wildman–Crippen MR) is 104 cm³/mol. The molecule has 0 aliphatic carbocycles. The van der Waals surface area contributed by atoms with Gasteiger partial charge in [0.05, 0.1) is 4.90 Å². The van der Waals surface area contributed by atoms with E-state index < -0.39 is 10.0 Å². The van der Waals surface area contributed by atoms with Crippen molar-refractivity contribution in [3.05, 3.63) is 42.0 Å². The van der Waals surface area contributed by atoms with Crippen molar-refractivity contribution in [3.63, 3.8) is 0 Å². The highest BCUT2D eigenvalue weighted by molar-refractivity contribution is 7.92. The lowest BCUT2D eigenvalue weighted by Crippen LogP contribution is -2.25. The third-order valence-corrected chi connectivity index (χ3v) is 6.05. The molecule has 1 aromatic carbocycles. The van der Waals surface area contributed by atoms with Crippen LogP contribution in [0.15, 0.2) is 41.3 Å². The Morgan fingerprint density at radius 3 is 2.12 bits per heavy atom. The second kappa shape index (κ2) is 8.03. The number of rotatable bonds is 5. The van der Waals surface area contributed by atoms with Gasteiger partial charge in [0, 0.05) is 13.1 Å². The average molecular weight is 375 g/mol. The molecule has 1 N–H and O–H groups in total. The van der Waals surface area contributed by atoms with E-state index in [0.717, 1.165) is 37.3 Å². The average Bonchev–Trinajstić information content (AvgIpc) is 2.91. The van der Waals surface area contributed by atoms with Crippen molar-refractivity contribution >= 4 is 21.7 Å². The van der Waals surface area contributed by atoms with Gasteiger partial charge in [-0.1, -0.05) is 38.8 Å². The van der Waals surface area contributed by atoms with Gasteiger partial charge in [0.2, 0.25) is 0 Å². The number of nitrogens with one attached hydrogen (secondary N) is 1. The van der Waals surface area contributed by atoms with Crippen LogP contribution < -0.4 is 9.62 Å². The Kier molecular flexibility index (Phi) is 5.76. The molecular formula is C19H26N4O2S. The van der Waals surface area contributed by atoms with Crippen LogP contribution in [0.1, 0.15) is 51.0 Å². The summed E-state index contributed by atoms with van der Waals surface area (Å²) in [6, 6.07) is 10.4. The second-order valence-electron chi connectivity index (χ2n) is 7.01. The van der Waals surface area contributed by atoms with Crippen molar-refractivity contribution in [2.45, 2.75) is 50.3 Å². The highest BCUT2D eigenvalue weighted by Crippen LogP contribution is 2.21. The molecule has 0 spiro atoms. The molecule has 3 rings (SSSR count). The third kappa shape index (κ3) is 4.52. The number of nitrogens with zero attached hydrogens (tertiary/aromatic N) is 3. The minimum absolute atomic E-state index is 0.222. The zero-order valence-electron chi connectivity index (χ0n) is 15.4. The number of anilines is 2. The van der Waals surface area contributed by atoms with Crippen molar-refractivity contribution in [2.24, 2.45) is 0 Å². The van der Waals surface area contributed by atoms with Gasteiger partial charge in [-0.25, -0.2) is 8.42 Å². The van der Waals surface area contributed by atoms with Crippen molar-refractivity contribution in [1.29, 1.82) is 0 Å². The molecule has 1 aliphatic rings. The topological polar surface area (TPSA) is 75.2 Å². The Morgan fingerprint density at radius 1 is 0.923 bits per heavy atom. The molecule has 0 bridgehead atoms. The van der Waals surface area contributed by atoms with Gasteiger partial charge in [-0.3, -0.25) is 4.72 Å². The minimum Gasteiger partial charge on any atom is -0.355 e. The quantitative estimate of drug-likeness (QED) is 0.862. The highest BCUT2D eigenvalue weighted by atomic mass is 32.2. The smallest absolute Gasteiger partial charge is 0.263 e. The van der Waals surface area contributed by atoms with Crippen LogP contribution in [0, 0.1) is 0 Å². The first kappa shape index (κ1) is 18.6. The van der Waals surface area contributed by atoms with Gasteiger partial charge in [0.15, 0.2) is 11.6 Å². The Morgan fingerprint density at radius 2 is 1.58 bits per heavy atom. The van der Waals surface area contributed by atoms with Gasteiger partial charge in [0.25, 0.3) is 10.0 Å². The number of hydrogen-bond donors (Lipinski definition) is 1. The van der Waals surface area contributed by atoms with E-state index in [-0.39, 0.29) is 10.7 Å². The van der Waals surface area contributed by atoms with Crippen LogP contribution >= 0.6 is 0 Å². The number of hydrogen-bond acceptors (Lipinski definition) is 5. The molecule has 0 radical (unpaired) electrons. The maximum atomic E-state index is 12.5. The van der Waals surface area contributed by atoms with E-state index in [0.29, 0.717) is 5.92 Å². The van der Waals surface area contributed by atoms with Gasteiger partial charge in [-0.2, -0.15) is 0 Å². The molecule has 0 amide bonds. The summed E-state index contributed by atoms with van der Waals surface area (Å²) in [4.78, 5) is 2.43. The highest BCUT2D eigenvalue weighted by Gasteiger charge is 2.16. The largest absolute Gasteiger partial charge is 0.355 e. The lowest BCUT2D eigenvalue weighted by molar-refractivity contribution is 0.601. The van der Waals surface area contributed by atoms with Gasteiger partial charge in [0.1, 0.15) is 0 Å². The van der Waals surface area contributed by atoms with Crippen LogP contribution in [-0.4, -0.2) is 31.7 Å². The summed E-state index contributed by atoms with van der Waals surface area (Å²) in [7, 11) is -3.67. The van der Waals surface area contributed by atoms with Crippen molar-refractivity contribution in [2.75, 3.05) is 22.7 Å². The molecule has 1 aliphatic heterocycles. The Hall–Kier alpha value is -2.15. The maximum Gasteiger partial charge on any atom is 0.263 e. The van der Waals surface area contributed by atoms with Crippen LogP contribution in [0.3, 0.4) is 0 Å². The lowest BCUT2D eigenvalue weighted by atomic mass is 10.0. The van der Waals surface area contributed by atoms with Crippen molar-refractivity contribution in [3.8, 4) is 0 Å². The first-order valence-electron chi connectivity index (χ1n) is 9.17. The molecule has 26 heavy (non-hydrogen) atoms. The summed E-state index contributed by atoms with van der Waals surface area (Å²) in [6.45, 7) is 6.09. The van der Waals surface area contributed by atoms with Crippen molar-refractivity contribution in [1.82, 2.24) is 10.2 Å². The summed E-state index contributed by atoms with van der Waals surface area (Å²) in [6.07, 6.45) is 4.81. The summed E-state index contributed by atoms with van der Waals surface area (Å²) >= 11 is 0. The van der Waals surface area contributed by atoms with Crippen LogP contribution in [0.2, 0.25) is 0 Å². The first-order chi connectivity index (χ1) is 12.5. The molecule has 0 atom stereocenters. The van der Waals surface area contributed by atoms with Crippen LogP contribution in [-0.2, 0) is 10.0 Å². The van der Waals surface area contributed by atoms with Crippen molar-refractivity contribution < 1.29 is 8.42 Å². The monoisotopic (exact) mass is 374 g/mol. The fraction of sp³-hybridized carbons (Fsp3) is 0.474. The summed E-state index contributed by atoms with van der Waals surface area (Å²) in [5.41, 5.74) is 1.10. The Bertz CT molecular complexity index is 810. The van der Waals surface area contributed by atoms with E-state index in [1.54, 1.807) is 18.2 Å². The van der Waals surface area contributed by atoms with Crippen LogP contribution in [0.4, 0.5) is 11.6 Å². The normalized spacial score (nSPS) is 15.7. The first-order valence-corrected chi connectivity index (χ1v) is 10.7. The SMILES string of the molecule is CC(C)c1ccc(S(=O)(=O)Nc2ccc(N3CCCCCC3)nn2)cc1. The summed E-state index contributed by atoms with van der Waals surface area (Å²) in [5.74, 6) is 1.39.